The smallest absolute Gasteiger partial charge is 0.226 e. The van der Waals surface area contributed by atoms with Gasteiger partial charge in [0.05, 0.1) is 12.8 Å². The Balaban J connectivity index is 1.46. The Morgan fingerprint density at radius 1 is 1.21 bits per heavy atom. The van der Waals surface area contributed by atoms with Crippen LogP contribution in [0.5, 0.6) is 5.75 Å². The molecule has 1 aliphatic carbocycles. The zero-order valence-corrected chi connectivity index (χ0v) is 14.5. The van der Waals surface area contributed by atoms with Gasteiger partial charge in [-0.15, -0.1) is 11.3 Å². The largest absolute Gasteiger partial charge is 0.497 e. The second-order valence-electron chi connectivity index (χ2n) is 6.09. The molecular formula is C19H20N2O2S. The quantitative estimate of drug-likeness (QED) is 0.631. The number of oxazole rings is 1. The van der Waals surface area contributed by atoms with E-state index in [2.05, 4.69) is 27.4 Å². The van der Waals surface area contributed by atoms with Gasteiger partial charge in [-0.1, -0.05) is 6.07 Å². The fourth-order valence-corrected chi connectivity index (χ4v) is 3.54. The maximum Gasteiger partial charge on any atom is 0.226 e. The van der Waals surface area contributed by atoms with Gasteiger partial charge in [-0.25, -0.2) is 4.98 Å². The summed E-state index contributed by atoms with van der Waals surface area (Å²) in [5.41, 5.74) is 1.96. The summed E-state index contributed by atoms with van der Waals surface area (Å²) in [5, 5.41) is 2.14. The highest BCUT2D eigenvalue weighted by Crippen LogP contribution is 2.31. The first-order chi connectivity index (χ1) is 11.8. The van der Waals surface area contributed by atoms with Gasteiger partial charge in [0.15, 0.2) is 0 Å². The Morgan fingerprint density at radius 2 is 2.04 bits per heavy atom. The van der Waals surface area contributed by atoms with Crippen LogP contribution in [0.15, 0.2) is 52.5 Å². The van der Waals surface area contributed by atoms with Gasteiger partial charge in [0, 0.05) is 29.6 Å². The predicted octanol–water partition coefficient (Wildman–Crippen LogP) is 4.58. The van der Waals surface area contributed by atoms with Gasteiger partial charge >= 0.3 is 0 Å². The molecule has 0 radical (unpaired) electrons. The van der Waals surface area contributed by atoms with Crippen LogP contribution in [0.1, 0.15) is 23.4 Å². The molecule has 0 spiro atoms. The Labute approximate surface area is 145 Å². The molecule has 0 saturated heterocycles. The minimum atomic E-state index is 0.666. The second kappa shape index (κ2) is 6.79. The standard InChI is InChI=1S/C19H20N2O2S/c1-22-17-8-4-14(5-9-17)19-20-15(13-23-19)11-21(16-6-7-16)12-18-3-2-10-24-18/h2-5,8-10,13,16H,6-7,11-12H2,1H3. The summed E-state index contributed by atoms with van der Waals surface area (Å²) in [6.45, 7) is 1.83. The van der Waals surface area contributed by atoms with Gasteiger partial charge in [-0.05, 0) is 48.6 Å². The maximum atomic E-state index is 5.68. The summed E-state index contributed by atoms with van der Waals surface area (Å²) < 4.78 is 10.9. The van der Waals surface area contributed by atoms with Gasteiger partial charge < -0.3 is 9.15 Å². The zero-order valence-electron chi connectivity index (χ0n) is 13.6. The van der Waals surface area contributed by atoms with Crippen LogP contribution >= 0.6 is 11.3 Å². The third-order valence-corrected chi connectivity index (χ3v) is 5.12. The molecule has 0 N–H and O–H groups in total. The lowest BCUT2D eigenvalue weighted by Crippen LogP contribution is -2.24. The van der Waals surface area contributed by atoms with Crippen LogP contribution in [0, 0.1) is 0 Å². The summed E-state index contributed by atoms with van der Waals surface area (Å²) in [4.78, 5) is 8.57. The highest BCUT2D eigenvalue weighted by atomic mass is 32.1. The first-order valence-corrected chi connectivity index (χ1v) is 9.05. The van der Waals surface area contributed by atoms with Crippen molar-refractivity contribution >= 4 is 11.3 Å². The van der Waals surface area contributed by atoms with Gasteiger partial charge in [-0.3, -0.25) is 4.90 Å². The predicted molar refractivity (Wildman–Crippen MR) is 95.1 cm³/mol. The van der Waals surface area contributed by atoms with Gasteiger partial charge in [0.1, 0.15) is 12.0 Å². The molecule has 2 heterocycles. The van der Waals surface area contributed by atoms with Crippen LogP contribution in [0.4, 0.5) is 0 Å². The van der Waals surface area contributed by atoms with Crippen LogP contribution in [-0.4, -0.2) is 23.0 Å². The summed E-state index contributed by atoms with van der Waals surface area (Å²) in [6, 6.07) is 12.8. The SMILES string of the molecule is COc1ccc(-c2nc(CN(Cc3cccs3)C3CC3)co2)cc1. The molecule has 24 heavy (non-hydrogen) atoms. The van der Waals surface area contributed by atoms with E-state index in [0.717, 1.165) is 30.1 Å². The van der Waals surface area contributed by atoms with E-state index < -0.39 is 0 Å². The average Bonchev–Trinajstić information content (AvgIpc) is 3.14. The summed E-state index contributed by atoms with van der Waals surface area (Å²) in [6.07, 6.45) is 4.35. The molecule has 4 rings (SSSR count). The molecule has 0 bridgehead atoms. The molecule has 4 nitrogen and oxygen atoms in total. The summed E-state index contributed by atoms with van der Waals surface area (Å²) in [7, 11) is 1.66. The molecule has 0 atom stereocenters. The molecule has 5 heteroatoms. The lowest BCUT2D eigenvalue weighted by atomic mass is 10.2. The number of ether oxygens (including phenoxy) is 1. The number of benzene rings is 1. The zero-order chi connectivity index (χ0) is 16.4. The number of methoxy groups -OCH3 is 1. The van der Waals surface area contributed by atoms with E-state index in [1.54, 1.807) is 13.4 Å². The van der Waals surface area contributed by atoms with Crippen molar-refractivity contribution in [1.82, 2.24) is 9.88 Å². The lowest BCUT2D eigenvalue weighted by Gasteiger charge is -2.19. The highest BCUT2D eigenvalue weighted by molar-refractivity contribution is 7.09. The van der Waals surface area contributed by atoms with Crippen LogP contribution in [0.25, 0.3) is 11.5 Å². The van der Waals surface area contributed by atoms with Gasteiger partial charge in [-0.2, -0.15) is 0 Å². The Hall–Kier alpha value is -2.11. The monoisotopic (exact) mass is 340 g/mol. The molecule has 0 amide bonds. The molecule has 0 aliphatic heterocycles. The van der Waals surface area contributed by atoms with E-state index in [1.807, 2.05) is 35.6 Å². The topological polar surface area (TPSA) is 38.5 Å². The van der Waals surface area contributed by atoms with Crippen molar-refractivity contribution in [2.75, 3.05) is 7.11 Å². The molecule has 124 valence electrons. The van der Waals surface area contributed by atoms with Crippen LogP contribution in [-0.2, 0) is 13.1 Å². The first kappa shape index (κ1) is 15.4. The van der Waals surface area contributed by atoms with Crippen molar-refractivity contribution in [3.05, 3.63) is 58.6 Å². The van der Waals surface area contributed by atoms with Crippen molar-refractivity contribution in [1.29, 1.82) is 0 Å². The summed E-state index contributed by atoms with van der Waals surface area (Å²) >= 11 is 1.82. The molecule has 1 saturated carbocycles. The molecule has 3 aromatic rings. The number of nitrogens with zero attached hydrogens (tertiary/aromatic N) is 2. The minimum Gasteiger partial charge on any atom is -0.497 e. The maximum absolute atomic E-state index is 5.68. The molecule has 1 aliphatic rings. The normalized spacial score (nSPS) is 14.2. The third-order valence-electron chi connectivity index (χ3n) is 4.26. The molecule has 1 fully saturated rings. The van der Waals surface area contributed by atoms with Gasteiger partial charge in [0.25, 0.3) is 0 Å². The van der Waals surface area contributed by atoms with Crippen molar-refractivity contribution in [3.63, 3.8) is 0 Å². The number of aromatic nitrogens is 1. The van der Waals surface area contributed by atoms with Crippen LogP contribution in [0.2, 0.25) is 0 Å². The average molecular weight is 340 g/mol. The lowest BCUT2D eigenvalue weighted by molar-refractivity contribution is 0.245. The minimum absolute atomic E-state index is 0.666. The van der Waals surface area contributed by atoms with Crippen molar-refractivity contribution in [3.8, 4) is 17.2 Å². The fourth-order valence-electron chi connectivity index (χ4n) is 2.81. The van der Waals surface area contributed by atoms with Crippen LogP contribution < -0.4 is 4.74 Å². The number of thiophene rings is 1. The Kier molecular flexibility index (Phi) is 4.36. The Bertz CT molecular complexity index is 776. The third kappa shape index (κ3) is 3.52. The van der Waals surface area contributed by atoms with Gasteiger partial charge in [0.2, 0.25) is 5.89 Å². The molecule has 0 unspecified atom stereocenters. The Morgan fingerprint density at radius 3 is 2.71 bits per heavy atom. The van der Waals surface area contributed by atoms with E-state index in [4.69, 9.17) is 9.15 Å². The number of rotatable bonds is 7. The van der Waals surface area contributed by atoms with E-state index in [9.17, 15) is 0 Å². The van der Waals surface area contributed by atoms with Crippen molar-refractivity contribution in [2.45, 2.75) is 32.0 Å². The van der Waals surface area contributed by atoms with Crippen molar-refractivity contribution in [2.24, 2.45) is 0 Å². The second-order valence-corrected chi connectivity index (χ2v) is 7.12. The molecular weight excluding hydrogens is 320 g/mol. The van der Waals surface area contributed by atoms with Crippen LogP contribution in [0.3, 0.4) is 0 Å². The number of hydrogen-bond donors (Lipinski definition) is 0. The van der Waals surface area contributed by atoms with E-state index in [0.29, 0.717) is 11.9 Å². The number of hydrogen-bond acceptors (Lipinski definition) is 5. The van der Waals surface area contributed by atoms with E-state index in [1.165, 1.54) is 17.7 Å². The van der Waals surface area contributed by atoms with E-state index >= 15 is 0 Å². The van der Waals surface area contributed by atoms with E-state index in [-0.39, 0.29) is 0 Å². The molecule has 2 aromatic heterocycles. The molecule has 1 aromatic carbocycles. The summed E-state index contributed by atoms with van der Waals surface area (Å²) in [5.74, 6) is 1.50. The van der Waals surface area contributed by atoms with Crippen molar-refractivity contribution < 1.29 is 9.15 Å². The fraction of sp³-hybridized carbons (Fsp3) is 0.316. The highest BCUT2D eigenvalue weighted by Gasteiger charge is 2.29. The first-order valence-electron chi connectivity index (χ1n) is 8.17.